The number of hydrogen-bond acceptors (Lipinski definition) is 1. The van der Waals surface area contributed by atoms with Crippen molar-refractivity contribution in [3.8, 4) is 11.1 Å². The van der Waals surface area contributed by atoms with E-state index >= 15 is 0 Å². The van der Waals surface area contributed by atoms with Crippen LogP contribution in [0, 0.1) is 5.82 Å². The fraction of sp³-hybridized carbons (Fsp3) is 0.478. The number of likely N-dealkylation sites (tertiary alicyclic amines) is 1. The van der Waals surface area contributed by atoms with E-state index in [1.165, 1.54) is 57.1 Å². The molecule has 2 atom stereocenters. The van der Waals surface area contributed by atoms with Crippen molar-refractivity contribution in [1.29, 1.82) is 0 Å². The molecule has 1 saturated carbocycles. The molecule has 2 unspecified atom stereocenters. The summed E-state index contributed by atoms with van der Waals surface area (Å²) in [5.74, 6) is 0.582. The van der Waals surface area contributed by atoms with E-state index in [2.05, 4.69) is 23.1 Å². The van der Waals surface area contributed by atoms with E-state index < -0.39 is 0 Å². The Balaban J connectivity index is 1.53. The molecule has 2 fully saturated rings. The molecule has 0 spiro atoms. The molecular weight excluding hydrogens is 309 g/mol. The lowest BCUT2D eigenvalue weighted by molar-refractivity contribution is 0.142. The van der Waals surface area contributed by atoms with Crippen LogP contribution in [0.1, 0.15) is 68.0 Å². The highest BCUT2D eigenvalue weighted by atomic mass is 19.1. The first-order chi connectivity index (χ1) is 12.3. The van der Waals surface area contributed by atoms with E-state index in [0.29, 0.717) is 6.04 Å². The highest BCUT2D eigenvalue weighted by Gasteiger charge is 2.39. The first-order valence-corrected chi connectivity index (χ1v) is 9.95. The summed E-state index contributed by atoms with van der Waals surface area (Å²) in [6.45, 7) is 1.27. The van der Waals surface area contributed by atoms with Gasteiger partial charge in [0, 0.05) is 12.1 Å². The largest absolute Gasteiger partial charge is 0.293 e. The molecule has 130 valence electrons. The maximum atomic E-state index is 13.3. The number of nitrogens with zero attached hydrogens (tertiary/aromatic N) is 1. The molecule has 1 aliphatic heterocycles. The van der Waals surface area contributed by atoms with Gasteiger partial charge in [0.1, 0.15) is 5.82 Å². The Morgan fingerprint density at radius 3 is 2.36 bits per heavy atom. The summed E-state index contributed by atoms with van der Waals surface area (Å²) in [5.41, 5.74) is 5.49. The van der Waals surface area contributed by atoms with Crippen molar-refractivity contribution < 1.29 is 4.39 Å². The molecule has 0 N–H and O–H groups in total. The molecule has 3 aliphatic rings. The number of hydrogen-bond donors (Lipinski definition) is 0. The van der Waals surface area contributed by atoms with E-state index in [0.717, 1.165) is 17.5 Å². The van der Waals surface area contributed by atoms with Crippen molar-refractivity contribution in [2.75, 3.05) is 6.54 Å². The molecular formula is C23H26FN. The Hall–Kier alpha value is -1.67. The van der Waals surface area contributed by atoms with Gasteiger partial charge in [-0.1, -0.05) is 37.1 Å². The first kappa shape index (κ1) is 15.6. The molecule has 0 radical (unpaired) electrons. The smallest absolute Gasteiger partial charge is 0.123 e. The van der Waals surface area contributed by atoms with Gasteiger partial charge in [0.2, 0.25) is 0 Å². The van der Waals surface area contributed by atoms with Gasteiger partial charge >= 0.3 is 0 Å². The molecule has 2 heteroatoms. The Bertz CT molecular complexity index is 760. The molecule has 2 bridgehead atoms. The quantitative estimate of drug-likeness (QED) is 0.645. The number of fused-ring (bicyclic) bond motifs is 5. The van der Waals surface area contributed by atoms with Crippen LogP contribution in [0.4, 0.5) is 4.39 Å². The van der Waals surface area contributed by atoms with E-state index in [4.69, 9.17) is 0 Å². The molecule has 5 rings (SSSR count). The number of rotatable bonds is 2. The van der Waals surface area contributed by atoms with Crippen LogP contribution in [0.15, 0.2) is 42.5 Å². The van der Waals surface area contributed by atoms with Crippen LogP contribution in [0.5, 0.6) is 0 Å². The van der Waals surface area contributed by atoms with Crippen molar-refractivity contribution in [2.45, 2.75) is 62.9 Å². The zero-order chi connectivity index (χ0) is 16.8. The van der Waals surface area contributed by atoms with Crippen molar-refractivity contribution in [2.24, 2.45) is 0 Å². The third kappa shape index (κ3) is 2.71. The lowest BCUT2D eigenvalue weighted by Gasteiger charge is -2.34. The van der Waals surface area contributed by atoms with Crippen LogP contribution in [0.2, 0.25) is 0 Å². The lowest BCUT2D eigenvalue weighted by Crippen LogP contribution is -2.36. The van der Waals surface area contributed by atoms with Gasteiger partial charge < -0.3 is 0 Å². The van der Waals surface area contributed by atoms with Crippen LogP contribution in [0.3, 0.4) is 0 Å². The lowest BCUT2D eigenvalue weighted by atomic mass is 9.93. The maximum Gasteiger partial charge on any atom is 0.123 e. The Labute approximate surface area is 149 Å². The predicted molar refractivity (Wildman–Crippen MR) is 100 cm³/mol. The Morgan fingerprint density at radius 2 is 1.56 bits per heavy atom. The van der Waals surface area contributed by atoms with Gasteiger partial charge in [-0.25, -0.2) is 4.39 Å². The topological polar surface area (TPSA) is 3.24 Å². The van der Waals surface area contributed by atoms with Gasteiger partial charge in [-0.15, -0.1) is 0 Å². The van der Waals surface area contributed by atoms with Crippen LogP contribution >= 0.6 is 0 Å². The molecule has 1 saturated heterocycles. The standard InChI is InChI=1S/C23H26FN/c24-19-10-7-16(8-11-19)17-9-12-21-18-4-3-13-25(20-5-1-2-6-20)23(15-18)22(21)14-17/h7-12,14,18,20,23H,1-6,13,15H2. The third-order valence-electron chi connectivity index (χ3n) is 6.73. The molecule has 0 aromatic heterocycles. The van der Waals surface area contributed by atoms with E-state index in [9.17, 15) is 4.39 Å². The second kappa shape index (κ2) is 6.25. The average molecular weight is 335 g/mol. The summed E-state index contributed by atoms with van der Waals surface area (Å²) < 4.78 is 13.3. The fourth-order valence-electron chi connectivity index (χ4n) is 5.52. The van der Waals surface area contributed by atoms with Crippen LogP contribution in [-0.2, 0) is 0 Å². The summed E-state index contributed by atoms with van der Waals surface area (Å²) >= 11 is 0. The minimum Gasteiger partial charge on any atom is -0.293 e. The van der Waals surface area contributed by atoms with Gasteiger partial charge in [-0.2, -0.15) is 0 Å². The van der Waals surface area contributed by atoms with Gasteiger partial charge in [-0.3, -0.25) is 4.90 Å². The second-order valence-corrected chi connectivity index (χ2v) is 8.12. The van der Waals surface area contributed by atoms with Gasteiger partial charge in [0.25, 0.3) is 0 Å². The summed E-state index contributed by atoms with van der Waals surface area (Å²) in [7, 11) is 0. The average Bonchev–Trinajstić information content (AvgIpc) is 3.21. The minimum absolute atomic E-state index is 0.162. The first-order valence-electron chi connectivity index (χ1n) is 9.95. The molecule has 1 nitrogen and oxygen atoms in total. The van der Waals surface area contributed by atoms with E-state index in [1.807, 2.05) is 12.1 Å². The molecule has 2 aromatic rings. The maximum absolute atomic E-state index is 13.3. The Kier molecular flexibility index (Phi) is 3.89. The van der Waals surface area contributed by atoms with Gasteiger partial charge in [-0.05, 0) is 85.0 Å². The van der Waals surface area contributed by atoms with E-state index in [1.54, 1.807) is 23.3 Å². The van der Waals surface area contributed by atoms with Gasteiger partial charge in [0.05, 0.1) is 0 Å². The van der Waals surface area contributed by atoms with Crippen LogP contribution in [-0.4, -0.2) is 17.5 Å². The van der Waals surface area contributed by atoms with Gasteiger partial charge in [0.15, 0.2) is 0 Å². The number of halogens is 1. The fourth-order valence-corrected chi connectivity index (χ4v) is 5.52. The third-order valence-corrected chi connectivity index (χ3v) is 6.73. The molecule has 2 aliphatic carbocycles. The number of benzene rings is 2. The molecule has 25 heavy (non-hydrogen) atoms. The monoisotopic (exact) mass is 335 g/mol. The summed E-state index contributed by atoms with van der Waals surface area (Å²) in [6, 6.07) is 15.3. The molecule has 2 aromatic carbocycles. The Morgan fingerprint density at radius 1 is 0.800 bits per heavy atom. The highest BCUT2D eigenvalue weighted by Crippen LogP contribution is 2.50. The summed E-state index contributed by atoms with van der Waals surface area (Å²) in [5, 5.41) is 0. The SMILES string of the molecule is Fc1ccc(-c2ccc3c(c2)C2CC3CCCN2C2CCCC2)cc1. The van der Waals surface area contributed by atoms with Crippen LogP contribution in [0.25, 0.3) is 11.1 Å². The summed E-state index contributed by atoms with van der Waals surface area (Å²) in [4.78, 5) is 2.84. The minimum atomic E-state index is -0.162. The zero-order valence-corrected chi connectivity index (χ0v) is 14.8. The zero-order valence-electron chi connectivity index (χ0n) is 14.8. The molecule has 0 amide bonds. The van der Waals surface area contributed by atoms with Crippen molar-refractivity contribution >= 4 is 0 Å². The second-order valence-electron chi connectivity index (χ2n) is 8.12. The van der Waals surface area contributed by atoms with Crippen molar-refractivity contribution in [1.82, 2.24) is 4.90 Å². The normalized spacial score (nSPS) is 26.6. The van der Waals surface area contributed by atoms with Crippen LogP contribution < -0.4 is 0 Å². The van der Waals surface area contributed by atoms with E-state index in [-0.39, 0.29) is 5.82 Å². The van der Waals surface area contributed by atoms with Crippen molar-refractivity contribution in [3.63, 3.8) is 0 Å². The summed E-state index contributed by atoms with van der Waals surface area (Å²) in [6.07, 6.45) is 9.56. The highest BCUT2D eigenvalue weighted by molar-refractivity contribution is 5.66. The van der Waals surface area contributed by atoms with Crippen molar-refractivity contribution in [3.05, 3.63) is 59.4 Å². The molecule has 1 heterocycles. The predicted octanol–water partition coefficient (Wildman–Crippen LogP) is 6.06.